The van der Waals surface area contributed by atoms with Crippen LogP contribution in [0.3, 0.4) is 0 Å². The number of piperidine rings is 1. The standard InChI is InChI=1S/C15H25N3O/c1-17(2)13-6-10-18(11-7-13)14(19)15(12-16)8-4-3-5-9-15/h13H,3-11H2,1-2H3. The van der Waals surface area contributed by atoms with Crippen LogP contribution in [0, 0.1) is 16.7 Å². The molecule has 106 valence electrons. The quantitative estimate of drug-likeness (QED) is 0.765. The zero-order valence-corrected chi connectivity index (χ0v) is 12.2. The van der Waals surface area contributed by atoms with Crippen LogP contribution in [0.4, 0.5) is 0 Å². The van der Waals surface area contributed by atoms with E-state index in [-0.39, 0.29) is 5.91 Å². The maximum Gasteiger partial charge on any atom is 0.243 e. The van der Waals surface area contributed by atoms with Crippen molar-refractivity contribution >= 4 is 5.91 Å². The molecule has 2 rings (SSSR count). The summed E-state index contributed by atoms with van der Waals surface area (Å²) in [4.78, 5) is 16.9. The van der Waals surface area contributed by atoms with Gasteiger partial charge in [-0.05, 0) is 39.8 Å². The van der Waals surface area contributed by atoms with E-state index in [2.05, 4.69) is 25.1 Å². The third kappa shape index (κ3) is 2.92. The van der Waals surface area contributed by atoms with Gasteiger partial charge in [0.2, 0.25) is 5.91 Å². The Morgan fingerprint density at radius 1 is 1.21 bits per heavy atom. The molecule has 0 unspecified atom stereocenters. The van der Waals surface area contributed by atoms with E-state index in [0.29, 0.717) is 6.04 Å². The Hall–Kier alpha value is -1.08. The molecule has 1 amide bonds. The molecule has 0 aromatic heterocycles. The van der Waals surface area contributed by atoms with E-state index in [1.165, 1.54) is 6.42 Å². The van der Waals surface area contributed by atoms with Gasteiger partial charge in [0.15, 0.2) is 0 Å². The van der Waals surface area contributed by atoms with E-state index in [4.69, 9.17) is 0 Å². The van der Waals surface area contributed by atoms with Crippen LogP contribution in [0.2, 0.25) is 0 Å². The highest BCUT2D eigenvalue weighted by molar-refractivity contribution is 5.85. The third-order valence-electron chi connectivity index (χ3n) is 4.81. The highest BCUT2D eigenvalue weighted by Crippen LogP contribution is 2.38. The minimum atomic E-state index is -0.705. The minimum Gasteiger partial charge on any atom is -0.341 e. The Balaban J connectivity index is 1.98. The van der Waals surface area contributed by atoms with E-state index >= 15 is 0 Å². The molecule has 4 nitrogen and oxygen atoms in total. The first-order chi connectivity index (χ1) is 9.09. The molecule has 19 heavy (non-hydrogen) atoms. The van der Waals surface area contributed by atoms with E-state index in [1.807, 2.05) is 4.90 Å². The summed E-state index contributed by atoms with van der Waals surface area (Å²) >= 11 is 0. The number of hydrogen-bond acceptors (Lipinski definition) is 3. The molecular weight excluding hydrogens is 238 g/mol. The van der Waals surface area contributed by atoms with Gasteiger partial charge in [0.05, 0.1) is 6.07 Å². The number of hydrogen-bond donors (Lipinski definition) is 0. The Kier molecular flexibility index (Phi) is 4.46. The fraction of sp³-hybridized carbons (Fsp3) is 0.867. The molecule has 1 aliphatic heterocycles. The van der Waals surface area contributed by atoms with Crippen molar-refractivity contribution in [1.82, 2.24) is 9.80 Å². The molecular formula is C15H25N3O. The summed E-state index contributed by atoms with van der Waals surface area (Å²) in [5.41, 5.74) is -0.705. The smallest absolute Gasteiger partial charge is 0.243 e. The topological polar surface area (TPSA) is 47.3 Å². The Morgan fingerprint density at radius 3 is 2.26 bits per heavy atom. The number of likely N-dealkylation sites (tertiary alicyclic amines) is 1. The molecule has 0 bridgehead atoms. The molecule has 0 radical (unpaired) electrons. The van der Waals surface area contributed by atoms with E-state index < -0.39 is 5.41 Å². The predicted molar refractivity (Wildman–Crippen MR) is 74.4 cm³/mol. The van der Waals surface area contributed by atoms with Crippen LogP contribution in [0.15, 0.2) is 0 Å². The summed E-state index contributed by atoms with van der Waals surface area (Å²) in [6.45, 7) is 1.62. The monoisotopic (exact) mass is 263 g/mol. The number of carbonyl (C=O) groups excluding carboxylic acids is 1. The lowest BCUT2D eigenvalue weighted by atomic mass is 9.74. The molecule has 1 saturated carbocycles. The van der Waals surface area contributed by atoms with Gasteiger partial charge in [-0.1, -0.05) is 19.3 Å². The lowest BCUT2D eigenvalue weighted by Gasteiger charge is -2.40. The first kappa shape index (κ1) is 14.3. The van der Waals surface area contributed by atoms with E-state index in [0.717, 1.165) is 51.6 Å². The molecule has 0 N–H and O–H groups in total. The number of amides is 1. The van der Waals surface area contributed by atoms with Crippen LogP contribution < -0.4 is 0 Å². The number of nitrogens with zero attached hydrogens (tertiary/aromatic N) is 3. The fourth-order valence-electron chi connectivity index (χ4n) is 3.42. The number of rotatable bonds is 2. The van der Waals surface area contributed by atoms with Gasteiger partial charge in [0, 0.05) is 19.1 Å². The second kappa shape index (κ2) is 5.92. The number of nitriles is 1. The minimum absolute atomic E-state index is 0.104. The molecule has 1 heterocycles. The van der Waals surface area contributed by atoms with Crippen molar-refractivity contribution in [3.8, 4) is 6.07 Å². The van der Waals surface area contributed by atoms with Gasteiger partial charge in [-0.25, -0.2) is 0 Å². The third-order valence-corrected chi connectivity index (χ3v) is 4.81. The summed E-state index contributed by atoms with van der Waals surface area (Å²) in [6, 6.07) is 2.92. The van der Waals surface area contributed by atoms with Gasteiger partial charge in [-0.3, -0.25) is 4.79 Å². The second-order valence-corrected chi connectivity index (χ2v) is 6.24. The molecule has 0 aromatic carbocycles. The highest BCUT2D eigenvalue weighted by Gasteiger charge is 2.43. The van der Waals surface area contributed by atoms with Gasteiger partial charge in [-0.15, -0.1) is 0 Å². The predicted octanol–water partition coefficient (Wildman–Crippen LogP) is 2.01. The largest absolute Gasteiger partial charge is 0.341 e. The maximum atomic E-state index is 12.7. The molecule has 0 spiro atoms. The summed E-state index contributed by atoms with van der Waals surface area (Å²) in [6.07, 6.45) is 6.78. The van der Waals surface area contributed by atoms with Gasteiger partial charge < -0.3 is 9.80 Å². The average molecular weight is 263 g/mol. The van der Waals surface area contributed by atoms with Crippen LogP contribution in [0.25, 0.3) is 0 Å². The molecule has 4 heteroatoms. The van der Waals surface area contributed by atoms with Gasteiger partial charge in [-0.2, -0.15) is 5.26 Å². The summed E-state index contributed by atoms with van der Waals surface area (Å²) in [7, 11) is 4.19. The first-order valence-corrected chi connectivity index (χ1v) is 7.46. The van der Waals surface area contributed by atoms with Gasteiger partial charge in [0.1, 0.15) is 5.41 Å². The van der Waals surface area contributed by atoms with Crippen molar-refractivity contribution in [3.63, 3.8) is 0 Å². The van der Waals surface area contributed by atoms with Crippen molar-refractivity contribution in [1.29, 1.82) is 5.26 Å². The van der Waals surface area contributed by atoms with Crippen molar-refractivity contribution in [3.05, 3.63) is 0 Å². The lowest BCUT2D eigenvalue weighted by Crippen LogP contribution is -2.50. The van der Waals surface area contributed by atoms with E-state index in [9.17, 15) is 10.1 Å². The Labute approximate surface area is 116 Å². The fourth-order valence-corrected chi connectivity index (χ4v) is 3.42. The first-order valence-electron chi connectivity index (χ1n) is 7.46. The zero-order chi connectivity index (χ0) is 13.9. The zero-order valence-electron chi connectivity index (χ0n) is 12.2. The number of carbonyl (C=O) groups is 1. The van der Waals surface area contributed by atoms with E-state index in [1.54, 1.807) is 0 Å². The normalized spacial score (nSPS) is 24.2. The van der Waals surface area contributed by atoms with Gasteiger partial charge >= 0.3 is 0 Å². The second-order valence-electron chi connectivity index (χ2n) is 6.24. The van der Waals surface area contributed by atoms with Gasteiger partial charge in [0.25, 0.3) is 0 Å². The summed E-state index contributed by atoms with van der Waals surface area (Å²) in [5.74, 6) is 0.104. The Bertz CT molecular complexity index is 358. The Morgan fingerprint density at radius 2 is 1.79 bits per heavy atom. The molecule has 1 aliphatic carbocycles. The van der Waals surface area contributed by atoms with Crippen molar-refractivity contribution in [2.24, 2.45) is 5.41 Å². The van der Waals surface area contributed by atoms with Crippen LogP contribution in [-0.4, -0.2) is 48.9 Å². The maximum absolute atomic E-state index is 12.7. The SMILES string of the molecule is CN(C)C1CCN(C(=O)C2(C#N)CCCCC2)CC1. The highest BCUT2D eigenvalue weighted by atomic mass is 16.2. The summed E-state index contributed by atoms with van der Waals surface area (Å²) in [5, 5.41) is 9.48. The van der Waals surface area contributed by atoms with Crippen molar-refractivity contribution < 1.29 is 4.79 Å². The molecule has 1 saturated heterocycles. The van der Waals surface area contributed by atoms with Crippen molar-refractivity contribution in [2.75, 3.05) is 27.2 Å². The molecule has 0 atom stereocenters. The summed E-state index contributed by atoms with van der Waals surface area (Å²) < 4.78 is 0. The molecule has 2 fully saturated rings. The average Bonchev–Trinajstić information content (AvgIpc) is 2.47. The van der Waals surface area contributed by atoms with Crippen LogP contribution in [-0.2, 0) is 4.79 Å². The lowest BCUT2D eigenvalue weighted by molar-refractivity contribution is -0.142. The van der Waals surface area contributed by atoms with Crippen LogP contribution in [0.5, 0.6) is 0 Å². The van der Waals surface area contributed by atoms with Crippen LogP contribution in [0.1, 0.15) is 44.9 Å². The molecule has 0 aromatic rings. The van der Waals surface area contributed by atoms with Crippen molar-refractivity contribution in [2.45, 2.75) is 51.0 Å². The molecule has 2 aliphatic rings. The van der Waals surface area contributed by atoms with Crippen LogP contribution >= 0.6 is 0 Å².